The molecule has 0 aromatic carbocycles. The number of rotatable bonds is 17. The molecule has 0 aromatic rings. The Morgan fingerprint density at radius 1 is 0.667 bits per heavy atom. The summed E-state index contributed by atoms with van der Waals surface area (Å²) in [7, 11) is 0. The number of carboxylic acid groups (broad SMARTS) is 1. The first-order valence-electron chi connectivity index (χ1n) is 10.00. The van der Waals surface area contributed by atoms with Crippen LogP contribution in [0.15, 0.2) is 36.5 Å². The van der Waals surface area contributed by atoms with Crippen LogP contribution in [0.5, 0.6) is 0 Å². The third-order valence-corrected chi connectivity index (χ3v) is 4.18. The van der Waals surface area contributed by atoms with Gasteiger partial charge in [-0.1, -0.05) is 114 Å². The average Bonchev–Trinajstić information content (AvgIpc) is 2.56. The molecule has 0 aromatic heterocycles. The van der Waals surface area contributed by atoms with Gasteiger partial charge in [-0.3, -0.25) is 0 Å². The minimum Gasteiger partial charge on any atom is -0.478 e. The summed E-state index contributed by atoms with van der Waals surface area (Å²) in [5.41, 5.74) is 0. The minimum absolute atomic E-state index is 0.907. The monoisotopic (exact) mass is 334 g/mol. The largest absolute Gasteiger partial charge is 0.478 e. The summed E-state index contributed by atoms with van der Waals surface area (Å²) in [4.78, 5) is 10.2. The number of carboxylic acids is 1. The Bertz CT molecular complexity index is 353. The van der Waals surface area contributed by atoms with Gasteiger partial charge in [-0.15, -0.1) is 0 Å². The van der Waals surface area contributed by atoms with E-state index in [9.17, 15) is 4.79 Å². The summed E-state index contributed by atoms with van der Waals surface area (Å²) in [6, 6.07) is 0. The lowest BCUT2D eigenvalue weighted by Gasteiger charge is -2.02. The van der Waals surface area contributed by atoms with E-state index in [0.717, 1.165) is 12.5 Å². The summed E-state index contributed by atoms with van der Waals surface area (Å²) in [5.74, 6) is -0.907. The maximum absolute atomic E-state index is 10.2. The first-order valence-corrected chi connectivity index (χ1v) is 10.00. The smallest absolute Gasteiger partial charge is 0.328 e. The van der Waals surface area contributed by atoms with Crippen LogP contribution in [0, 0.1) is 0 Å². The van der Waals surface area contributed by atoms with Crippen LogP contribution < -0.4 is 0 Å². The number of hydrogen-bond acceptors (Lipinski definition) is 1. The van der Waals surface area contributed by atoms with Gasteiger partial charge in [-0.25, -0.2) is 4.79 Å². The van der Waals surface area contributed by atoms with Crippen molar-refractivity contribution in [3.63, 3.8) is 0 Å². The number of unbranched alkanes of at least 4 members (excludes halogenated alkanes) is 13. The summed E-state index contributed by atoms with van der Waals surface area (Å²) < 4.78 is 0. The summed E-state index contributed by atoms with van der Waals surface area (Å²) in [6.07, 6.45) is 29.6. The van der Waals surface area contributed by atoms with Gasteiger partial charge in [0, 0.05) is 6.08 Å². The van der Waals surface area contributed by atoms with E-state index in [2.05, 4.69) is 13.0 Å². The molecule has 0 fully saturated rings. The second-order valence-electron chi connectivity index (χ2n) is 6.54. The van der Waals surface area contributed by atoms with E-state index in [1.165, 1.54) is 89.5 Å². The molecule has 0 bridgehead atoms. The molecule has 0 saturated heterocycles. The third kappa shape index (κ3) is 20.7. The van der Waals surface area contributed by atoms with Gasteiger partial charge in [0.15, 0.2) is 0 Å². The Hall–Kier alpha value is -1.31. The fraction of sp³-hybridized carbons (Fsp3) is 0.682. The quantitative estimate of drug-likeness (QED) is 0.173. The van der Waals surface area contributed by atoms with E-state index >= 15 is 0 Å². The van der Waals surface area contributed by atoms with Crippen LogP contribution in [0.25, 0.3) is 0 Å². The molecule has 0 spiro atoms. The van der Waals surface area contributed by atoms with Gasteiger partial charge in [-0.2, -0.15) is 0 Å². The van der Waals surface area contributed by atoms with Gasteiger partial charge in [0.25, 0.3) is 0 Å². The zero-order valence-corrected chi connectivity index (χ0v) is 15.7. The molecule has 24 heavy (non-hydrogen) atoms. The lowest BCUT2D eigenvalue weighted by atomic mass is 10.0. The summed E-state index contributed by atoms with van der Waals surface area (Å²) >= 11 is 0. The molecule has 2 nitrogen and oxygen atoms in total. The molecule has 0 rings (SSSR count). The van der Waals surface area contributed by atoms with Gasteiger partial charge in [0.1, 0.15) is 0 Å². The lowest BCUT2D eigenvalue weighted by molar-refractivity contribution is -0.131. The van der Waals surface area contributed by atoms with E-state index < -0.39 is 5.97 Å². The Morgan fingerprint density at radius 3 is 1.62 bits per heavy atom. The molecule has 0 aliphatic carbocycles. The van der Waals surface area contributed by atoms with E-state index in [-0.39, 0.29) is 0 Å². The molecule has 0 heterocycles. The molecule has 0 radical (unpaired) electrons. The van der Waals surface area contributed by atoms with Crippen molar-refractivity contribution in [2.75, 3.05) is 0 Å². The van der Waals surface area contributed by atoms with Crippen molar-refractivity contribution in [2.24, 2.45) is 0 Å². The van der Waals surface area contributed by atoms with E-state index in [4.69, 9.17) is 5.11 Å². The molecular weight excluding hydrogens is 296 g/mol. The summed E-state index contributed by atoms with van der Waals surface area (Å²) in [6.45, 7) is 2.27. The normalized spacial score (nSPS) is 12.0. The molecule has 0 aliphatic rings. The first kappa shape index (κ1) is 22.7. The van der Waals surface area contributed by atoms with Gasteiger partial charge in [0.2, 0.25) is 0 Å². The van der Waals surface area contributed by atoms with Crippen LogP contribution in [0.2, 0.25) is 0 Å². The Kier molecular flexibility index (Phi) is 18.7. The van der Waals surface area contributed by atoms with Crippen molar-refractivity contribution in [2.45, 2.75) is 96.8 Å². The van der Waals surface area contributed by atoms with Crippen LogP contribution >= 0.6 is 0 Å². The van der Waals surface area contributed by atoms with E-state index in [1.54, 1.807) is 6.08 Å². The van der Waals surface area contributed by atoms with E-state index in [0.29, 0.717) is 0 Å². The molecule has 0 amide bonds. The Balaban J connectivity index is 3.18. The third-order valence-electron chi connectivity index (χ3n) is 4.18. The Labute approximate surface area is 149 Å². The molecule has 0 unspecified atom stereocenters. The van der Waals surface area contributed by atoms with Crippen molar-refractivity contribution in [3.05, 3.63) is 36.5 Å². The molecule has 2 heteroatoms. The minimum atomic E-state index is -0.907. The first-order chi connectivity index (χ1) is 11.8. The zero-order chi connectivity index (χ0) is 17.7. The number of hydrogen-bond donors (Lipinski definition) is 1. The molecule has 0 saturated carbocycles. The highest BCUT2D eigenvalue weighted by Crippen LogP contribution is 2.12. The SMILES string of the molecule is CCCCCCCCCCCCCCC/C=C/C=C\C=C\C(=O)O. The molecule has 0 atom stereocenters. The predicted molar refractivity (Wildman–Crippen MR) is 105 cm³/mol. The van der Waals surface area contributed by atoms with Gasteiger partial charge >= 0.3 is 5.97 Å². The summed E-state index contributed by atoms with van der Waals surface area (Å²) in [5, 5.41) is 8.42. The standard InChI is InChI=1S/C22H38O2/c1-2-3-4-5-6-7-8-9-10-11-12-13-14-15-16-17-18-19-20-21-22(23)24/h16-21H,2-15H2,1H3,(H,23,24)/b17-16+,19-18-,21-20+. The van der Waals surface area contributed by atoms with Gasteiger partial charge in [-0.05, 0) is 12.8 Å². The second kappa shape index (κ2) is 19.7. The fourth-order valence-corrected chi connectivity index (χ4v) is 2.72. The highest BCUT2D eigenvalue weighted by atomic mass is 16.4. The molecule has 0 aliphatic heterocycles. The number of aliphatic carboxylic acids is 1. The molecule has 138 valence electrons. The maximum atomic E-state index is 10.2. The van der Waals surface area contributed by atoms with Crippen LogP contribution in [0.4, 0.5) is 0 Å². The van der Waals surface area contributed by atoms with Crippen LogP contribution in [-0.4, -0.2) is 11.1 Å². The van der Waals surface area contributed by atoms with Crippen molar-refractivity contribution in [3.8, 4) is 0 Å². The van der Waals surface area contributed by atoms with Crippen molar-refractivity contribution in [1.82, 2.24) is 0 Å². The van der Waals surface area contributed by atoms with Crippen molar-refractivity contribution >= 4 is 5.97 Å². The second-order valence-corrected chi connectivity index (χ2v) is 6.54. The molecular formula is C22H38O2. The average molecular weight is 335 g/mol. The van der Waals surface area contributed by atoms with Crippen LogP contribution in [0.3, 0.4) is 0 Å². The number of allylic oxidation sites excluding steroid dienone is 5. The van der Waals surface area contributed by atoms with E-state index in [1.807, 2.05) is 12.2 Å². The topological polar surface area (TPSA) is 37.3 Å². The van der Waals surface area contributed by atoms with Crippen molar-refractivity contribution < 1.29 is 9.90 Å². The highest BCUT2D eigenvalue weighted by Gasteiger charge is 1.93. The van der Waals surface area contributed by atoms with Crippen LogP contribution in [-0.2, 0) is 4.79 Å². The number of carbonyl (C=O) groups is 1. The van der Waals surface area contributed by atoms with Crippen molar-refractivity contribution in [1.29, 1.82) is 0 Å². The fourth-order valence-electron chi connectivity index (χ4n) is 2.72. The molecule has 1 N–H and O–H groups in total. The van der Waals surface area contributed by atoms with Gasteiger partial charge in [0.05, 0.1) is 0 Å². The maximum Gasteiger partial charge on any atom is 0.328 e. The Morgan fingerprint density at radius 2 is 1.12 bits per heavy atom. The van der Waals surface area contributed by atoms with Gasteiger partial charge < -0.3 is 5.11 Å². The predicted octanol–water partition coefficient (Wildman–Crippen LogP) is 7.22. The highest BCUT2D eigenvalue weighted by molar-refractivity contribution is 5.80. The zero-order valence-electron chi connectivity index (χ0n) is 15.7. The van der Waals surface area contributed by atoms with Crippen LogP contribution in [0.1, 0.15) is 96.8 Å². The lowest BCUT2D eigenvalue weighted by Crippen LogP contribution is -1.84.